The normalized spacial score (nSPS) is 12.4. The minimum atomic E-state index is -1.09. The largest absolute Gasteiger partial charge is 0.464 e. The van der Waals surface area contributed by atoms with Gasteiger partial charge in [0.2, 0.25) is 5.91 Å². The number of aromatic nitrogens is 1. The van der Waals surface area contributed by atoms with E-state index in [1.807, 2.05) is 27.7 Å². The molecule has 1 rings (SSSR count). The second-order valence-corrected chi connectivity index (χ2v) is 6.87. The zero-order chi connectivity index (χ0) is 19.0. The molecular weight excluding hydrogens is 326 g/mol. The number of esters is 1. The first kappa shape index (κ1) is 20.7. The molecule has 0 bridgehead atoms. The minimum Gasteiger partial charge on any atom is -0.464 e. The van der Waals surface area contributed by atoms with Gasteiger partial charge in [-0.1, -0.05) is 18.5 Å². The van der Waals surface area contributed by atoms with Gasteiger partial charge < -0.3 is 19.9 Å². The Kier molecular flexibility index (Phi) is 7.60. The van der Waals surface area contributed by atoms with Crippen molar-refractivity contribution in [3.05, 3.63) is 17.5 Å². The summed E-state index contributed by atoms with van der Waals surface area (Å²) in [6.45, 7) is 9.35. The van der Waals surface area contributed by atoms with E-state index in [1.54, 1.807) is 6.92 Å². The van der Waals surface area contributed by atoms with Crippen LogP contribution in [-0.2, 0) is 14.3 Å². The highest BCUT2D eigenvalue weighted by molar-refractivity contribution is 5.96. The summed E-state index contributed by atoms with van der Waals surface area (Å²) in [5, 5.41) is 8.85. The van der Waals surface area contributed by atoms with Crippen molar-refractivity contribution in [2.45, 2.75) is 65.5 Å². The van der Waals surface area contributed by atoms with Gasteiger partial charge in [0.15, 0.2) is 5.69 Å². The summed E-state index contributed by atoms with van der Waals surface area (Å²) in [6, 6.07) is 0.355. The Labute approximate surface area is 147 Å². The molecule has 2 N–H and O–H groups in total. The van der Waals surface area contributed by atoms with Crippen molar-refractivity contribution in [1.82, 2.24) is 15.8 Å². The van der Waals surface area contributed by atoms with E-state index in [9.17, 15) is 14.4 Å². The van der Waals surface area contributed by atoms with Crippen molar-refractivity contribution >= 4 is 17.8 Å². The molecule has 0 saturated heterocycles. The van der Waals surface area contributed by atoms with Crippen LogP contribution in [0.2, 0.25) is 0 Å². The number of carbonyl (C=O) groups excluding carboxylic acids is 3. The van der Waals surface area contributed by atoms with Gasteiger partial charge in [0, 0.05) is 11.6 Å². The number of unbranched alkanes of at least 4 members (excludes halogenated alkanes) is 1. The summed E-state index contributed by atoms with van der Waals surface area (Å²) in [6.07, 6.45) is 1.36. The third-order valence-corrected chi connectivity index (χ3v) is 3.10. The fourth-order valence-electron chi connectivity index (χ4n) is 1.97. The predicted octanol–water partition coefficient (Wildman–Crippen LogP) is 1.73. The molecule has 0 unspecified atom stereocenters. The molecule has 140 valence electrons. The first-order valence-corrected chi connectivity index (χ1v) is 8.34. The molecule has 2 amide bonds. The van der Waals surface area contributed by atoms with E-state index in [4.69, 9.17) is 9.26 Å². The lowest BCUT2D eigenvalue weighted by atomic mass is 10.1. The quantitative estimate of drug-likeness (QED) is 0.544. The van der Waals surface area contributed by atoms with Crippen LogP contribution < -0.4 is 10.6 Å². The third kappa shape index (κ3) is 7.82. The molecule has 1 heterocycles. The Morgan fingerprint density at radius 3 is 2.52 bits per heavy atom. The Balaban J connectivity index is 2.77. The van der Waals surface area contributed by atoms with E-state index in [1.165, 1.54) is 6.07 Å². The summed E-state index contributed by atoms with van der Waals surface area (Å²) in [5.74, 6) is -1.14. The minimum absolute atomic E-state index is 0.0417. The first-order chi connectivity index (χ1) is 11.6. The van der Waals surface area contributed by atoms with Crippen LogP contribution in [-0.4, -0.2) is 41.1 Å². The van der Waals surface area contributed by atoms with Crippen molar-refractivity contribution in [1.29, 1.82) is 0 Å². The molecule has 0 aliphatic rings. The molecule has 0 aromatic carbocycles. The first-order valence-electron chi connectivity index (χ1n) is 8.34. The van der Waals surface area contributed by atoms with Crippen LogP contribution in [0.3, 0.4) is 0 Å². The monoisotopic (exact) mass is 353 g/mol. The number of carbonyl (C=O) groups is 3. The SMILES string of the molecule is CCCCOC(=O)[C@H](CC(=O)NC(C)(C)C)NC(=O)c1cc(C)on1. The molecule has 0 radical (unpaired) electrons. The number of ether oxygens (including phenoxy) is 1. The van der Waals surface area contributed by atoms with Crippen LogP contribution in [0.1, 0.15) is 63.2 Å². The van der Waals surface area contributed by atoms with Gasteiger partial charge in [-0.25, -0.2) is 4.79 Å². The van der Waals surface area contributed by atoms with Crippen LogP contribution in [0.25, 0.3) is 0 Å². The lowest BCUT2D eigenvalue weighted by molar-refractivity contribution is -0.147. The number of hydrogen-bond acceptors (Lipinski definition) is 6. The Morgan fingerprint density at radius 2 is 2.00 bits per heavy atom. The van der Waals surface area contributed by atoms with Crippen LogP contribution >= 0.6 is 0 Å². The molecule has 0 aliphatic carbocycles. The second-order valence-electron chi connectivity index (χ2n) is 6.87. The number of aryl methyl sites for hydroxylation is 1. The summed E-state index contributed by atoms with van der Waals surface area (Å²) < 4.78 is 9.99. The number of rotatable bonds is 8. The molecule has 0 spiro atoms. The highest BCUT2D eigenvalue weighted by Crippen LogP contribution is 2.06. The molecule has 8 heteroatoms. The lowest BCUT2D eigenvalue weighted by Gasteiger charge is -2.23. The maximum absolute atomic E-state index is 12.2. The summed E-state index contributed by atoms with van der Waals surface area (Å²) in [7, 11) is 0. The fraction of sp³-hybridized carbons (Fsp3) is 0.647. The maximum Gasteiger partial charge on any atom is 0.329 e. The average Bonchev–Trinajstić information content (AvgIpc) is 2.91. The van der Waals surface area contributed by atoms with Gasteiger partial charge in [0.05, 0.1) is 13.0 Å². The molecule has 25 heavy (non-hydrogen) atoms. The van der Waals surface area contributed by atoms with E-state index >= 15 is 0 Å². The van der Waals surface area contributed by atoms with Gasteiger partial charge in [0.25, 0.3) is 5.91 Å². The third-order valence-electron chi connectivity index (χ3n) is 3.10. The number of hydrogen-bond donors (Lipinski definition) is 2. The van der Waals surface area contributed by atoms with Crippen molar-refractivity contribution in [2.75, 3.05) is 6.61 Å². The molecule has 1 atom stereocenters. The second kappa shape index (κ2) is 9.19. The van der Waals surface area contributed by atoms with E-state index in [2.05, 4.69) is 15.8 Å². The van der Waals surface area contributed by atoms with Crippen molar-refractivity contribution in [3.8, 4) is 0 Å². The molecule has 0 aliphatic heterocycles. The molecular formula is C17H27N3O5. The average molecular weight is 353 g/mol. The van der Waals surface area contributed by atoms with E-state index in [0.29, 0.717) is 12.2 Å². The topological polar surface area (TPSA) is 111 Å². The highest BCUT2D eigenvalue weighted by atomic mass is 16.5. The number of nitrogens with zero attached hydrogens (tertiary/aromatic N) is 1. The van der Waals surface area contributed by atoms with Crippen LogP contribution in [0.4, 0.5) is 0 Å². The maximum atomic E-state index is 12.2. The summed E-state index contributed by atoms with van der Waals surface area (Å²) >= 11 is 0. The van der Waals surface area contributed by atoms with E-state index < -0.39 is 23.5 Å². The zero-order valence-electron chi connectivity index (χ0n) is 15.5. The van der Waals surface area contributed by atoms with Crippen molar-refractivity contribution in [3.63, 3.8) is 0 Å². The molecule has 0 saturated carbocycles. The van der Waals surface area contributed by atoms with Gasteiger partial charge in [-0.3, -0.25) is 9.59 Å². The predicted molar refractivity (Wildman–Crippen MR) is 90.9 cm³/mol. The van der Waals surface area contributed by atoms with Crippen molar-refractivity contribution < 1.29 is 23.6 Å². The Morgan fingerprint density at radius 1 is 1.32 bits per heavy atom. The fourth-order valence-corrected chi connectivity index (χ4v) is 1.97. The van der Waals surface area contributed by atoms with Gasteiger partial charge >= 0.3 is 5.97 Å². The molecule has 1 aromatic heterocycles. The van der Waals surface area contributed by atoms with Gasteiger partial charge in [-0.05, 0) is 34.1 Å². The molecule has 8 nitrogen and oxygen atoms in total. The van der Waals surface area contributed by atoms with Crippen LogP contribution in [0.15, 0.2) is 10.6 Å². The lowest BCUT2D eigenvalue weighted by Crippen LogP contribution is -2.48. The van der Waals surface area contributed by atoms with Gasteiger partial charge in [-0.15, -0.1) is 0 Å². The standard InChI is InChI=1S/C17H27N3O5/c1-6-7-8-24-16(23)13(10-14(21)19-17(3,4)5)18-15(22)12-9-11(2)25-20-12/h9,13H,6-8,10H2,1-5H3,(H,18,22)(H,19,21)/t13-/m0/s1. The highest BCUT2D eigenvalue weighted by Gasteiger charge is 2.28. The van der Waals surface area contributed by atoms with E-state index in [-0.39, 0.29) is 24.6 Å². The van der Waals surface area contributed by atoms with Crippen molar-refractivity contribution in [2.24, 2.45) is 0 Å². The summed E-state index contributed by atoms with van der Waals surface area (Å²) in [5.41, 5.74) is -0.402. The molecule has 1 aromatic rings. The van der Waals surface area contributed by atoms with Gasteiger partial charge in [0.1, 0.15) is 11.8 Å². The summed E-state index contributed by atoms with van der Waals surface area (Å²) in [4.78, 5) is 36.5. The van der Waals surface area contributed by atoms with Gasteiger partial charge in [-0.2, -0.15) is 0 Å². The number of amides is 2. The zero-order valence-corrected chi connectivity index (χ0v) is 15.5. The Bertz CT molecular complexity index is 604. The Hall–Kier alpha value is -2.38. The van der Waals surface area contributed by atoms with E-state index in [0.717, 1.165) is 6.42 Å². The van der Waals surface area contributed by atoms with Crippen LogP contribution in [0.5, 0.6) is 0 Å². The smallest absolute Gasteiger partial charge is 0.329 e. The number of nitrogens with one attached hydrogen (secondary N) is 2. The van der Waals surface area contributed by atoms with Crippen LogP contribution in [0, 0.1) is 6.92 Å². The molecule has 0 fully saturated rings.